The van der Waals surface area contributed by atoms with Crippen LogP contribution < -0.4 is 17.2 Å². The smallest absolute Gasteiger partial charge is 0.328 e. The SMILES string of the molecule is NC(N)=NC(N)=Nc1cccc(Cl)c1Cl.O=C(O)/C=C/C(=O)O. The molecule has 0 heterocycles. The van der Waals surface area contributed by atoms with Gasteiger partial charge in [0.2, 0.25) is 5.96 Å². The number of carboxylic acids is 2. The first-order valence-corrected chi connectivity index (χ1v) is 6.40. The van der Waals surface area contributed by atoms with E-state index in [0.717, 1.165) is 0 Å². The number of nitrogens with zero attached hydrogens (tertiary/aromatic N) is 2. The van der Waals surface area contributed by atoms with Gasteiger partial charge in [-0.25, -0.2) is 14.6 Å². The average molecular weight is 362 g/mol. The Kier molecular flexibility index (Phi) is 8.82. The van der Waals surface area contributed by atoms with Crippen molar-refractivity contribution in [2.45, 2.75) is 0 Å². The summed E-state index contributed by atoms with van der Waals surface area (Å²) >= 11 is 11.6. The zero-order valence-electron chi connectivity index (χ0n) is 11.5. The van der Waals surface area contributed by atoms with Gasteiger partial charge in [-0.15, -0.1) is 0 Å². The van der Waals surface area contributed by atoms with Crippen molar-refractivity contribution in [1.29, 1.82) is 0 Å². The lowest BCUT2D eigenvalue weighted by molar-refractivity contribution is -0.134. The Morgan fingerprint density at radius 3 is 2.00 bits per heavy atom. The number of aliphatic carboxylic acids is 2. The van der Waals surface area contributed by atoms with Crippen LogP contribution in [-0.2, 0) is 9.59 Å². The molecule has 1 aromatic carbocycles. The van der Waals surface area contributed by atoms with E-state index in [2.05, 4.69) is 9.98 Å². The maximum Gasteiger partial charge on any atom is 0.328 e. The van der Waals surface area contributed by atoms with Gasteiger partial charge in [0, 0.05) is 12.2 Å². The molecule has 9 nitrogen and oxygen atoms in total. The molecule has 0 saturated heterocycles. The molecule has 1 rings (SSSR count). The highest BCUT2D eigenvalue weighted by atomic mass is 35.5. The monoisotopic (exact) mass is 361 g/mol. The lowest BCUT2D eigenvalue weighted by Gasteiger charge is -2.00. The van der Waals surface area contributed by atoms with Crippen LogP contribution in [0.25, 0.3) is 0 Å². The molecule has 0 spiro atoms. The number of carboxylic acid groups (broad SMARTS) is 2. The second-order valence-corrected chi connectivity index (χ2v) is 4.37. The van der Waals surface area contributed by atoms with Crippen molar-refractivity contribution in [3.63, 3.8) is 0 Å². The fourth-order valence-electron chi connectivity index (χ4n) is 1.00. The van der Waals surface area contributed by atoms with Crippen molar-refractivity contribution in [1.82, 2.24) is 0 Å². The first-order valence-electron chi connectivity index (χ1n) is 5.65. The van der Waals surface area contributed by atoms with Crippen LogP contribution >= 0.6 is 23.2 Å². The lowest BCUT2D eigenvalue weighted by Crippen LogP contribution is -2.26. The van der Waals surface area contributed by atoms with Gasteiger partial charge in [-0.1, -0.05) is 29.3 Å². The molecule has 0 atom stereocenters. The van der Waals surface area contributed by atoms with E-state index < -0.39 is 11.9 Å². The van der Waals surface area contributed by atoms with Gasteiger partial charge in [0.15, 0.2) is 5.96 Å². The predicted octanol–water partition coefficient (Wildman–Crippen LogP) is 0.925. The number of halogens is 2. The molecule has 11 heteroatoms. The molecule has 0 aliphatic rings. The highest BCUT2D eigenvalue weighted by molar-refractivity contribution is 6.43. The Bertz CT molecular complexity index is 653. The third-order valence-corrected chi connectivity index (χ3v) is 2.59. The molecule has 0 aliphatic heterocycles. The molecule has 8 N–H and O–H groups in total. The van der Waals surface area contributed by atoms with Gasteiger partial charge >= 0.3 is 11.9 Å². The third kappa shape index (κ3) is 9.72. The number of rotatable bonds is 3. The Morgan fingerprint density at radius 2 is 1.57 bits per heavy atom. The Labute approximate surface area is 140 Å². The van der Waals surface area contributed by atoms with E-state index in [4.69, 9.17) is 50.6 Å². The lowest BCUT2D eigenvalue weighted by atomic mass is 10.3. The summed E-state index contributed by atoms with van der Waals surface area (Å²) in [6.07, 6.45) is 1.12. The van der Waals surface area contributed by atoms with Gasteiger partial charge in [-0.05, 0) is 12.1 Å². The number of guanidine groups is 2. The fraction of sp³-hybridized carbons (Fsp3) is 0. The zero-order valence-corrected chi connectivity index (χ0v) is 13.0. The van der Waals surface area contributed by atoms with Crippen LogP contribution in [0.15, 0.2) is 40.3 Å². The zero-order chi connectivity index (χ0) is 18.0. The molecule has 1 aromatic rings. The maximum atomic E-state index is 9.55. The van der Waals surface area contributed by atoms with Crippen molar-refractivity contribution in [2.24, 2.45) is 27.2 Å². The minimum Gasteiger partial charge on any atom is -0.478 e. The minimum absolute atomic E-state index is 0.0841. The van der Waals surface area contributed by atoms with Crippen molar-refractivity contribution >= 4 is 52.7 Å². The number of nitrogens with two attached hydrogens (primary N) is 3. The average Bonchev–Trinajstić information content (AvgIpc) is 2.41. The molecule has 0 amide bonds. The van der Waals surface area contributed by atoms with Crippen LogP contribution in [0.5, 0.6) is 0 Å². The molecule has 0 bridgehead atoms. The van der Waals surface area contributed by atoms with Gasteiger partial charge in [-0.3, -0.25) is 0 Å². The number of benzene rings is 1. The van der Waals surface area contributed by atoms with Gasteiger partial charge in [-0.2, -0.15) is 4.99 Å². The van der Waals surface area contributed by atoms with Gasteiger partial charge in [0.1, 0.15) is 0 Å². The van der Waals surface area contributed by atoms with Crippen LogP contribution in [0.1, 0.15) is 0 Å². The first kappa shape index (κ1) is 20.2. The van der Waals surface area contributed by atoms with E-state index >= 15 is 0 Å². The summed E-state index contributed by atoms with van der Waals surface area (Å²) < 4.78 is 0. The Morgan fingerprint density at radius 1 is 1.04 bits per heavy atom. The van der Waals surface area contributed by atoms with E-state index in [1.165, 1.54) is 0 Å². The summed E-state index contributed by atoms with van der Waals surface area (Å²) in [6.45, 7) is 0. The molecular weight excluding hydrogens is 349 g/mol. The number of hydrogen-bond donors (Lipinski definition) is 5. The third-order valence-electron chi connectivity index (χ3n) is 1.78. The van der Waals surface area contributed by atoms with Crippen LogP contribution in [0, 0.1) is 0 Å². The van der Waals surface area contributed by atoms with Gasteiger partial charge in [0.25, 0.3) is 0 Å². The van der Waals surface area contributed by atoms with E-state index in [1.54, 1.807) is 18.2 Å². The molecule has 0 saturated carbocycles. The van der Waals surface area contributed by atoms with Crippen LogP contribution in [0.4, 0.5) is 5.69 Å². The molecule has 0 aliphatic carbocycles. The van der Waals surface area contributed by atoms with Crippen molar-refractivity contribution in [3.05, 3.63) is 40.4 Å². The highest BCUT2D eigenvalue weighted by Crippen LogP contribution is 2.31. The molecular formula is C12H13Cl2N5O4. The molecule has 124 valence electrons. The van der Waals surface area contributed by atoms with Crippen molar-refractivity contribution in [2.75, 3.05) is 0 Å². The minimum atomic E-state index is -1.26. The summed E-state index contributed by atoms with van der Waals surface area (Å²) in [7, 11) is 0. The van der Waals surface area contributed by atoms with E-state index in [9.17, 15) is 9.59 Å². The van der Waals surface area contributed by atoms with Crippen molar-refractivity contribution in [3.8, 4) is 0 Å². The topological polar surface area (TPSA) is 177 Å². The fourth-order valence-corrected chi connectivity index (χ4v) is 1.34. The van der Waals surface area contributed by atoms with E-state index in [1.807, 2.05) is 0 Å². The second kappa shape index (κ2) is 10.0. The highest BCUT2D eigenvalue weighted by Gasteiger charge is 2.03. The predicted molar refractivity (Wildman–Crippen MR) is 88.0 cm³/mol. The van der Waals surface area contributed by atoms with E-state index in [0.29, 0.717) is 27.9 Å². The first-order chi connectivity index (χ1) is 10.6. The Balaban J connectivity index is 0.000000515. The molecule has 23 heavy (non-hydrogen) atoms. The Hall–Kier alpha value is -2.78. The standard InChI is InChI=1S/C8H9Cl2N5.C4H4O4/c9-4-2-1-3-5(6(4)10)14-8(13)15-7(11)12;5-3(6)1-2-4(7)8/h1-3H,(H6,11,12,13,14,15);1-2H,(H,5,6)(H,7,8)/b;2-1+. The van der Waals surface area contributed by atoms with Gasteiger partial charge < -0.3 is 27.4 Å². The van der Waals surface area contributed by atoms with Crippen LogP contribution in [-0.4, -0.2) is 34.1 Å². The summed E-state index contributed by atoms with van der Waals surface area (Å²) in [5.41, 5.74) is 16.1. The van der Waals surface area contributed by atoms with Crippen LogP contribution in [0.3, 0.4) is 0 Å². The number of aliphatic imine (C=N–C) groups is 2. The number of carbonyl (C=O) groups is 2. The normalized spacial score (nSPS) is 10.6. The second-order valence-electron chi connectivity index (χ2n) is 3.59. The molecule has 0 unspecified atom stereocenters. The van der Waals surface area contributed by atoms with E-state index in [-0.39, 0.29) is 11.9 Å². The van der Waals surface area contributed by atoms with Crippen LogP contribution in [0.2, 0.25) is 10.0 Å². The number of hydrogen-bond acceptors (Lipinski definition) is 3. The molecule has 0 fully saturated rings. The summed E-state index contributed by atoms with van der Waals surface area (Å²) in [5, 5.41) is 16.3. The quantitative estimate of drug-likeness (QED) is 0.301. The van der Waals surface area contributed by atoms with Crippen molar-refractivity contribution < 1.29 is 19.8 Å². The molecule has 0 radical (unpaired) electrons. The summed E-state index contributed by atoms with van der Waals surface area (Å²) in [5.74, 6) is -2.77. The largest absolute Gasteiger partial charge is 0.478 e. The summed E-state index contributed by atoms with van der Waals surface area (Å²) in [6, 6.07) is 4.97. The summed E-state index contributed by atoms with van der Waals surface area (Å²) in [4.78, 5) is 26.5. The molecule has 0 aromatic heterocycles. The van der Waals surface area contributed by atoms with Gasteiger partial charge in [0.05, 0.1) is 15.7 Å². The maximum absolute atomic E-state index is 9.55.